The summed E-state index contributed by atoms with van der Waals surface area (Å²) in [4.78, 5) is 13.5. The standard InChI is InChI=1S/C21H17N3O/c1-3-6-19-16(13-22-2)21-20(25-19)10-9-17(24-21)18-11-14-7-4-5-8-15(14)12-23-18/h3-5,7-13H,1,6H2,2H3/b22-13-. The maximum Gasteiger partial charge on any atom is 0.153 e. The average molecular weight is 327 g/mol. The van der Waals surface area contributed by atoms with Crippen LogP contribution in [0.2, 0.25) is 0 Å². The summed E-state index contributed by atoms with van der Waals surface area (Å²) in [5.74, 6) is 0.826. The van der Waals surface area contributed by atoms with Gasteiger partial charge in [-0.1, -0.05) is 30.3 Å². The van der Waals surface area contributed by atoms with E-state index in [-0.39, 0.29) is 0 Å². The maximum absolute atomic E-state index is 5.91. The van der Waals surface area contributed by atoms with Crippen LogP contribution in [0.15, 0.2) is 70.7 Å². The van der Waals surface area contributed by atoms with Gasteiger partial charge in [0.05, 0.1) is 17.0 Å². The topological polar surface area (TPSA) is 51.3 Å². The minimum atomic E-state index is 0.640. The molecule has 0 unspecified atom stereocenters. The minimum Gasteiger partial charge on any atom is -0.458 e. The van der Waals surface area contributed by atoms with E-state index < -0.39 is 0 Å². The van der Waals surface area contributed by atoms with Gasteiger partial charge in [0.2, 0.25) is 0 Å². The highest BCUT2D eigenvalue weighted by molar-refractivity contribution is 5.98. The van der Waals surface area contributed by atoms with Gasteiger partial charge in [-0.3, -0.25) is 9.98 Å². The molecule has 0 aliphatic carbocycles. The first-order valence-electron chi connectivity index (χ1n) is 8.11. The third kappa shape index (κ3) is 2.72. The van der Waals surface area contributed by atoms with Crippen molar-refractivity contribution in [2.24, 2.45) is 4.99 Å². The predicted molar refractivity (Wildman–Crippen MR) is 102 cm³/mol. The van der Waals surface area contributed by atoms with Gasteiger partial charge in [0.15, 0.2) is 5.58 Å². The lowest BCUT2D eigenvalue weighted by Crippen LogP contribution is -1.91. The molecule has 0 spiro atoms. The molecule has 0 aliphatic rings. The van der Waals surface area contributed by atoms with E-state index in [9.17, 15) is 0 Å². The summed E-state index contributed by atoms with van der Waals surface area (Å²) in [6.45, 7) is 3.79. The third-order valence-electron chi connectivity index (χ3n) is 4.13. The number of benzene rings is 1. The molecule has 3 aromatic heterocycles. The number of pyridine rings is 2. The van der Waals surface area contributed by atoms with Crippen molar-refractivity contribution < 1.29 is 4.42 Å². The van der Waals surface area contributed by atoms with Gasteiger partial charge in [0, 0.05) is 31.3 Å². The highest BCUT2D eigenvalue weighted by atomic mass is 16.3. The minimum absolute atomic E-state index is 0.640. The van der Waals surface area contributed by atoms with Gasteiger partial charge in [-0.05, 0) is 23.6 Å². The van der Waals surface area contributed by atoms with E-state index >= 15 is 0 Å². The van der Waals surface area contributed by atoms with E-state index in [4.69, 9.17) is 9.40 Å². The summed E-state index contributed by atoms with van der Waals surface area (Å²) in [5.41, 5.74) is 4.10. The number of aliphatic imine (C=N–C) groups is 1. The molecular formula is C21H17N3O. The highest BCUT2D eigenvalue weighted by Crippen LogP contribution is 2.28. The molecule has 0 N–H and O–H groups in total. The summed E-state index contributed by atoms with van der Waals surface area (Å²) in [5, 5.41) is 2.26. The molecule has 4 heteroatoms. The van der Waals surface area contributed by atoms with E-state index in [0.717, 1.165) is 44.6 Å². The van der Waals surface area contributed by atoms with Crippen molar-refractivity contribution in [2.45, 2.75) is 6.42 Å². The van der Waals surface area contributed by atoms with Gasteiger partial charge in [0.1, 0.15) is 11.3 Å². The monoisotopic (exact) mass is 327 g/mol. The second-order valence-corrected chi connectivity index (χ2v) is 5.78. The molecular weight excluding hydrogens is 310 g/mol. The Morgan fingerprint density at radius 2 is 1.96 bits per heavy atom. The molecule has 0 aliphatic heterocycles. The average Bonchev–Trinajstić information content (AvgIpc) is 2.99. The first kappa shape index (κ1) is 15.3. The first-order chi connectivity index (χ1) is 12.3. The summed E-state index contributed by atoms with van der Waals surface area (Å²) in [6.07, 6.45) is 6.12. The van der Waals surface area contributed by atoms with Crippen molar-refractivity contribution in [3.8, 4) is 11.4 Å². The molecule has 3 heterocycles. The summed E-state index contributed by atoms with van der Waals surface area (Å²) in [7, 11) is 1.74. The van der Waals surface area contributed by atoms with E-state index in [0.29, 0.717) is 6.42 Å². The zero-order valence-corrected chi connectivity index (χ0v) is 13.9. The lowest BCUT2D eigenvalue weighted by Gasteiger charge is -2.03. The van der Waals surface area contributed by atoms with Crippen LogP contribution in [0.25, 0.3) is 33.3 Å². The Morgan fingerprint density at radius 1 is 1.12 bits per heavy atom. The normalized spacial score (nSPS) is 11.6. The Balaban J connectivity index is 1.89. The molecule has 0 amide bonds. The zero-order chi connectivity index (χ0) is 17.2. The fraction of sp³-hybridized carbons (Fsp3) is 0.0952. The molecule has 0 fully saturated rings. The third-order valence-corrected chi connectivity index (χ3v) is 4.13. The second-order valence-electron chi connectivity index (χ2n) is 5.78. The lowest BCUT2D eigenvalue weighted by atomic mass is 10.1. The Labute approximate surface area is 145 Å². The lowest BCUT2D eigenvalue weighted by molar-refractivity contribution is 0.564. The number of hydrogen-bond donors (Lipinski definition) is 0. The maximum atomic E-state index is 5.91. The number of furan rings is 1. The zero-order valence-electron chi connectivity index (χ0n) is 13.9. The SMILES string of the molecule is C=CCc1oc2ccc(-c3cc4ccccc4cn3)nc2c1/C=N\C. The second kappa shape index (κ2) is 6.32. The van der Waals surface area contributed by atoms with Crippen molar-refractivity contribution in [3.63, 3.8) is 0 Å². The number of rotatable bonds is 4. The number of nitrogens with zero attached hydrogens (tertiary/aromatic N) is 3. The molecule has 25 heavy (non-hydrogen) atoms. The molecule has 0 radical (unpaired) electrons. The molecule has 4 rings (SSSR count). The van der Waals surface area contributed by atoms with Crippen molar-refractivity contribution in [1.29, 1.82) is 0 Å². The van der Waals surface area contributed by atoms with Crippen molar-refractivity contribution in [2.75, 3.05) is 7.05 Å². The van der Waals surface area contributed by atoms with Gasteiger partial charge in [-0.2, -0.15) is 0 Å². The molecule has 0 saturated heterocycles. The van der Waals surface area contributed by atoms with Crippen LogP contribution in [0.1, 0.15) is 11.3 Å². The smallest absolute Gasteiger partial charge is 0.153 e. The van der Waals surface area contributed by atoms with Crippen LogP contribution in [0, 0.1) is 0 Å². The molecule has 0 bridgehead atoms. The number of aromatic nitrogens is 2. The predicted octanol–water partition coefficient (Wildman–Crippen LogP) is 4.82. The molecule has 0 atom stereocenters. The fourth-order valence-electron chi connectivity index (χ4n) is 2.95. The van der Waals surface area contributed by atoms with E-state index in [1.54, 1.807) is 13.3 Å². The summed E-state index contributed by atoms with van der Waals surface area (Å²) < 4.78 is 5.91. The summed E-state index contributed by atoms with van der Waals surface area (Å²) in [6, 6.07) is 14.1. The van der Waals surface area contributed by atoms with Crippen LogP contribution in [-0.2, 0) is 6.42 Å². The number of fused-ring (bicyclic) bond motifs is 2. The van der Waals surface area contributed by atoms with Crippen LogP contribution in [0.5, 0.6) is 0 Å². The van der Waals surface area contributed by atoms with Crippen molar-refractivity contribution >= 4 is 28.1 Å². The van der Waals surface area contributed by atoms with Gasteiger partial charge in [-0.25, -0.2) is 4.98 Å². The number of allylic oxidation sites excluding steroid dienone is 1. The molecule has 4 aromatic rings. The molecule has 4 nitrogen and oxygen atoms in total. The Kier molecular flexibility index (Phi) is 3.86. The van der Waals surface area contributed by atoms with Crippen LogP contribution < -0.4 is 0 Å². The van der Waals surface area contributed by atoms with E-state index in [1.807, 2.05) is 36.5 Å². The van der Waals surface area contributed by atoms with E-state index in [2.05, 4.69) is 34.8 Å². The number of hydrogen-bond acceptors (Lipinski definition) is 4. The fourth-order valence-corrected chi connectivity index (χ4v) is 2.95. The van der Waals surface area contributed by atoms with Crippen LogP contribution >= 0.6 is 0 Å². The molecule has 0 saturated carbocycles. The molecule has 122 valence electrons. The quantitative estimate of drug-likeness (QED) is 0.399. The summed E-state index contributed by atoms with van der Waals surface area (Å²) >= 11 is 0. The van der Waals surface area contributed by atoms with Crippen LogP contribution in [0.3, 0.4) is 0 Å². The first-order valence-corrected chi connectivity index (χ1v) is 8.11. The van der Waals surface area contributed by atoms with Crippen LogP contribution in [0.4, 0.5) is 0 Å². The highest BCUT2D eigenvalue weighted by Gasteiger charge is 2.14. The van der Waals surface area contributed by atoms with Crippen molar-refractivity contribution in [3.05, 3.63) is 72.6 Å². The Hall–Kier alpha value is -3.27. The van der Waals surface area contributed by atoms with E-state index in [1.165, 1.54) is 0 Å². The van der Waals surface area contributed by atoms with Crippen LogP contribution in [-0.4, -0.2) is 23.2 Å². The Morgan fingerprint density at radius 3 is 2.76 bits per heavy atom. The Bertz CT molecular complexity index is 1110. The van der Waals surface area contributed by atoms with Gasteiger partial charge < -0.3 is 4.42 Å². The largest absolute Gasteiger partial charge is 0.458 e. The van der Waals surface area contributed by atoms with Gasteiger partial charge in [0.25, 0.3) is 0 Å². The van der Waals surface area contributed by atoms with Gasteiger partial charge in [-0.15, -0.1) is 6.58 Å². The van der Waals surface area contributed by atoms with Gasteiger partial charge >= 0.3 is 0 Å². The molecule has 1 aromatic carbocycles. The van der Waals surface area contributed by atoms with Crippen molar-refractivity contribution in [1.82, 2.24) is 9.97 Å².